The molecule has 3 nitrogen and oxygen atoms in total. The monoisotopic (exact) mass is 323 g/mol. The maximum atomic E-state index is 12.2. The molecule has 0 fully saturated rings. The predicted molar refractivity (Wildman–Crippen MR) is 80.9 cm³/mol. The minimum atomic E-state index is -3.43. The molecular weight excluding hydrogens is 305 g/mol. The molecule has 0 spiro atoms. The summed E-state index contributed by atoms with van der Waals surface area (Å²) in [4.78, 5) is 0.0517. The van der Waals surface area contributed by atoms with Crippen molar-refractivity contribution in [3.8, 4) is 0 Å². The van der Waals surface area contributed by atoms with E-state index in [9.17, 15) is 8.42 Å². The van der Waals surface area contributed by atoms with Crippen LogP contribution in [0.2, 0.25) is 10.0 Å². The zero-order valence-corrected chi connectivity index (χ0v) is 13.4. The fourth-order valence-electron chi connectivity index (χ4n) is 1.95. The van der Waals surface area contributed by atoms with Gasteiger partial charge in [0.05, 0.1) is 15.8 Å². The zero-order valence-electron chi connectivity index (χ0n) is 11.1. The number of nitrogens with one attached hydrogen (secondary N) is 1. The van der Waals surface area contributed by atoms with Crippen LogP contribution < -0.4 is 5.32 Å². The lowest BCUT2D eigenvalue weighted by Crippen LogP contribution is -2.24. The van der Waals surface area contributed by atoms with Gasteiger partial charge in [-0.3, -0.25) is 0 Å². The molecule has 0 aliphatic heterocycles. The van der Waals surface area contributed by atoms with Crippen LogP contribution in [0, 0.1) is 0 Å². The van der Waals surface area contributed by atoms with Gasteiger partial charge in [-0.05, 0) is 38.4 Å². The first-order valence-electron chi connectivity index (χ1n) is 6.26. The maximum Gasteiger partial charge on any atom is 0.181 e. The molecule has 1 aromatic rings. The van der Waals surface area contributed by atoms with Crippen molar-refractivity contribution in [2.45, 2.75) is 37.1 Å². The summed E-state index contributed by atoms with van der Waals surface area (Å²) in [6.07, 6.45) is 2.38. The fourth-order valence-corrected chi connectivity index (χ4v) is 4.54. The first-order chi connectivity index (χ1) is 8.92. The normalized spacial score (nSPS) is 13.5. The SMILES string of the molecule is CCC(CCCS(=O)(=O)c1c(Cl)cccc1Cl)NC. The molecule has 1 rings (SSSR count). The van der Waals surface area contributed by atoms with Gasteiger partial charge in [0.1, 0.15) is 4.90 Å². The van der Waals surface area contributed by atoms with Gasteiger partial charge in [-0.25, -0.2) is 8.42 Å². The summed E-state index contributed by atoms with van der Waals surface area (Å²) in [6, 6.07) is 5.07. The van der Waals surface area contributed by atoms with Gasteiger partial charge in [-0.2, -0.15) is 0 Å². The van der Waals surface area contributed by atoms with Crippen LogP contribution in [0.25, 0.3) is 0 Å². The van der Waals surface area contributed by atoms with E-state index >= 15 is 0 Å². The average Bonchev–Trinajstić information content (AvgIpc) is 2.34. The Bertz CT molecular complexity index is 493. The Hall–Kier alpha value is -0.290. The molecule has 19 heavy (non-hydrogen) atoms. The van der Waals surface area contributed by atoms with Crippen LogP contribution in [-0.4, -0.2) is 27.3 Å². The van der Waals surface area contributed by atoms with Crippen LogP contribution in [0.3, 0.4) is 0 Å². The third kappa shape index (κ3) is 4.63. The van der Waals surface area contributed by atoms with Crippen LogP contribution in [-0.2, 0) is 9.84 Å². The highest BCUT2D eigenvalue weighted by Gasteiger charge is 2.21. The number of rotatable bonds is 7. The van der Waals surface area contributed by atoms with Crippen molar-refractivity contribution in [3.05, 3.63) is 28.2 Å². The molecule has 0 radical (unpaired) electrons. The van der Waals surface area contributed by atoms with Gasteiger partial charge in [0.15, 0.2) is 9.84 Å². The van der Waals surface area contributed by atoms with Crippen molar-refractivity contribution in [2.75, 3.05) is 12.8 Å². The van der Waals surface area contributed by atoms with Crippen LogP contribution in [0.15, 0.2) is 23.1 Å². The minimum absolute atomic E-state index is 0.0517. The second kappa shape index (κ2) is 7.48. The highest BCUT2D eigenvalue weighted by Crippen LogP contribution is 2.30. The predicted octanol–water partition coefficient (Wildman–Crippen LogP) is 3.55. The summed E-state index contributed by atoms with van der Waals surface area (Å²) in [5.74, 6) is 0.0641. The summed E-state index contributed by atoms with van der Waals surface area (Å²) in [5.41, 5.74) is 0. The van der Waals surface area contributed by atoms with E-state index in [0.29, 0.717) is 12.5 Å². The van der Waals surface area contributed by atoms with E-state index in [1.165, 1.54) is 0 Å². The van der Waals surface area contributed by atoms with E-state index in [0.717, 1.165) is 12.8 Å². The lowest BCUT2D eigenvalue weighted by Gasteiger charge is -2.14. The van der Waals surface area contributed by atoms with Gasteiger partial charge in [0.2, 0.25) is 0 Å². The maximum absolute atomic E-state index is 12.2. The standard InChI is InChI=1S/C13H19Cl2NO2S/c1-3-10(16-2)6-5-9-19(17,18)13-11(14)7-4-8-12(13)15/h4,7-8,10,16H,3,5-6,9H2,1-2H3. The van der Waals surface area contributed by atoms with E-state index in [1.807, 2.05) is 7.05 Å². The highest BCUT2D eigenvalue weighted by molar-refractivity contribution is 7.91. The van der Waals surface area contributed by atoms with Gasteiger partial charge in [0.25, 0.3) is 0 Å². The molecule has 0 aromatic heterocycles. The Kier molecular flexibility index (Phi) is 6.60. The van der Waals surface area contributed by atoms with E-state index < -0.39 is 9.84 Å². The van der Waals surface area contributed by atoms with E-state index in [4.69, 9.17) is 23.2 Å². The first-order valence-corrected chi connectivity index (χ1v) is 8.67. The zero-order chi connectivity index (χ0) is 14.5. The summed E-state index contributed by atoms with van der Waals surface area (Å²) >= 11 is 11.9. The van der Waals surface area contributed by atoms with Gasteiger partial charge in [-0.15, -0.1) is 0 Å². The molecular formula is C13H19Cl2NO2S. The molecule has 1 unspecified atom stereocenters. The highest BCUT2D eigenvalue weighted by atomic mass is 35.5. The molecule has 0 bridgehead atoms. The van der Waals surface area contributed by atoms with Crippen LogP contribution in [0.5, 0.6) is 0 Å². The lowest BCUT2D eigenvalue weighted by molar-refractivity contribution is 0.500. The van der Waals surface area contributed by atoms with Crippen molar-refractivity contribution in [1.82, 2.24) is 5.32 Å². The molecule has 0 saturated carbocycles. The number of halogens is 2. The van der Waals surface area contributed by atoms with Crippen LogP contribution >= 0.6 is 23.2 Å². The van der Waals surface area contributed by atoms with Crippen LogP contribution in [0.4, 0.5) is 0 Å². The van der Waals surface area contributed by atoms with Gasteiger partial charge >= 0.3 is 0 Å². The van der Waals surface area contributed by atoms with Gasteiger partial charge < -0.3 is 5.32 Å². The largest absolute Gasteiger partial charge is 0.317 e. The summed E-state index contributed by atoms with van der Waals surface area (Å²) < 4.78 is 24.5. The van der Waals surface area contributed by atoms with E-state index in [-0.39, 0.29) is 20.7 Å². The van der Waals surface area contributed by atoms with Crippen LogP contribution in [0.1, 0.15) is 26.2 Å². The first kappa shape index (κ1) is 16.8. The Morgan fingerprint density at radius 1 is 1.26 bits per heavy atom. The third-order valence-corrected chi connectivity index (χ3v) is 5.84. The van der Waals surface area contributed by atoms with E-state index in [2.05, 4.69) is 12.2 Å². The summed E-state index contributed by atoms with van der Waals surface area (Å²) in [7, 11) is -1.54. The molecule has 0 heterocycles. The molecule has 1 N–H and O–H groups in total. The second-order valence-electron chi connectivity index (χ2n) is 4.41. The summed E-state index contributed by atoms with van der Waals surface area (Å²) in [5, 5.41) is 3.53. The lowest BCUT2D eigenvalue weighted by atomic mass is 10.1. The molecule has 0 saturated heterocycles. The molecule has 0 aliphatic carbocycles. The Morgan fingerprint density at radius 3 is 2.32 bits per heavy atom. The van der Waals surface area contributed by atoms with Crippen molar-refractivity contribution in [2.24, 2.45) is 0 Å². The molecule has 0 aliphatic rings. The molecule has 1 aromatic carbocycles. The quantitative estimate of drug-likeness (QED) is 0.834. The minimum Gasteiger partial charge on any atom is -0.317 e. The number of hydrogen-bond donors (Lipinski definition) is 1. The Labute approximate surface area is 125 Å². The topological polar surface area (TPSA) is 46.2 Å². The van der Waals surface area contributed by atoms with Crippen molar-refractivity contribution < 1.29 is 8.42 Å². The number of sulfone groups is 1. The third-order valence-electron chi connectivity index (χ3n) is 3.10. The van der Waals surface area contributed by atoms with Crippen molar-refractivity contribution >= 4 is 33.0 Å². The molecule has 0 amide bonds. The average molecular weight is 324 g/mol. The van der Waals surface area contributed by atoms with Gasteiger partial charge in [-0.1, -0.05) is 36.2 Å². The Balaban J connectivity index is 2.77. The Morgan fingerprint density at radius 2 is 1.84 bits per heavy atom. The molecule has 1 atom stereocenters. The molecule has 108 valence electrons. The van der Waals surface area contributed by atoms with Crippen molar-refractivity contribution in [1.29, 1.82) is 0 Å². The number of hydrogen-bond acceptors (Lipinski definition) is 3. The smallest absolute Gasteiger partial charge is 0.181 e. The van der Waals surface area contributed by atoms with E-state index in [1.54, 1.807) is 18.2 Å². The summed E-state index contributed by atoms with van der Waals surface area (Å²) in [6.45, 7) is 2.07. The second-order valence-corrected chi connectivity index (χ2v) is 7.27. The van der Waals surface area contributed by atoms with Crippen molar-refractivity contribution in [3.63, 3.8) is 0 Å². The van der Waals surface area contributed by atoms with Gasteiger partial charge in [0, 0.05) is 6.04 Å². The fraction of sp³-hybridized carbons (Fsp3) is 0.538. The molecule has 6 heteroatoms. The number of benzene rings is 1.